The Morgan fingerprint density at radius 1 is 1.00 bits per heavy atom. The van der Waals surface area contributed by atoms with E-state index >= 15 is 0 Å². The van der Waals surface area contributed by atoms with E-state index in [4.69, 9.17) is 14.2 Å². The second-order valence-electron chi connectivity index (χ2n) is 8.00. The Kier molecular flexibility index (Phi) is 7.12. The van der Waals surface area contributed by atoms with Crippen LogP contribution in [-0.4, -0.2) is 61.8 Å². The van der Waals surface area contributed by atoms with Crippen LogP contribution in [0.4, 0.5) is 13.2 Å². The zero-order chi connectivity index (χ0) is 25.2. The van der Waals surface area contributed by atoms with Crippen LogP contribution in [0.1, 0.15) is 13.8 Å². The molecule has 1 heterocycles. The molecular formula is C21H22F3NO8S. The van der Waals surface area contributed by atoms with E-state index in [0.29, 0.717) is 0 Å². The number of sulfone groups is 1. The van der Waals surface area contributed by atoms with Crippen molar-refractivity contribution in [3.8, 4) is 17.2 Å². The number of nitrogens with zero attached hydrogens (tertiary/aromatic N) is 1. The minimum Gasteiger partial charge on any atom is -0.457 e. The van der Waals surface area contributed by atoms with Gasteiger partial charge >= 0.3 is 6.36 Å². The van der Waals surface area contributed by atoms with Crippen LogP contribution in [0, 0.1) is 0 Å². The van der Waals surface area contributed by atoms with Crippen LogP contribution in [0.5, 0.6) is 17.2 Å². The van der Waals surface area contributed by atoms with Gasteiger partial charge in [-0.05, 0) is 62.4 Å². The molecule has 1 amide bonds. The summed E-state index contributed by atoms with van der Waals surface area (Å²) in [5.41, 5.74) is -1.65. The Bertz CT molecular complexity index is 1090. The second kappa shape index (κ2) is 9.41. The number of halogens is 3. The summed E-state index contributed by atoms with van der Waals surface area (Å²) in [6.45, 7) is 2.68. The fraction of sp³-hybridized carbons (Fsp3) is 0.381. The zero-order valence-corrected chi connectivity index (χ0v) is 18.9. The van der Waals surface area contributed by atoms with Crippen LogP contribution < -0.4 is 9.47 Å². The average molecular weight is 505 g/mol. The van der Waals surface area contributed by atoms with Crippen molar-refractivity contribution < 1.29 is 50.5 Å². The van der Waals surface area contributed by atoms with E-state index in [9.17, 15) is 31.6 Å². The first-order chi connectivity index (χ1) is 15.7. The molecule has 34 heavy (non-hydrogen) atoms. The minimum atomic E-state index is -4.81. The number of amides is 1. The fourth-order valence-corrected chi connectivity index (χ4v) is 4.81. The molecular weight excluding hydrogens is 483 g/mol. The van der Waals surface area contributed by atoms with Crippen molar-refractivity contribution in [3.63, 3.8) is 0 Å². The highest BCUT2D eigenvalue weighted by atomic mass is 32.2. The number of carbonyl (C=O) groups is 1. The highest BCUT2D eigenvalue weighted by Crippen LogP contribution is 2.31. The molecule has 1 aliphatic heterocycles. The monoisotopic (exact) mass is 505 g/mol. The number of hydroxylamine groups is 2. The minimum absolute atomic E-state index is 0.0858. The third-order valence-electron chi connectivity index (χ3n) is 4.90. The van der Waals surface area contributed by atoms with Crippen LogP contribution in [0.25, 0.3) is 0 Å². The largest absolute Gasteiger partial charge is 0.573 e. The van der Waals surface area contributed by atoms with Crippen LogP contribution in [0.3, 0.4) is 0 Å². The summed E-state index contributed by atoms with van der Waals surface area (Å²) in [5.74, 6) is -1.67. The molecule has 1 saturated heterocycles. The highest BCUT2D eigenvalue weighted by molar-refractivity contribution is 7.91. The summed E-state index contributed by atoms with van der Waals surface area (Å²) in [4.78, 5) is 11.1. The lowest BCUT2D eigenvalue weighted by atomic mass is 10.0. The quantitative estimate of drug-likeness (QED) is 0.330. The molecule has 2 aromatic rings. The van der Waals surface area contributed by atoms with Crippen molar-refractivity contribution in [1.29, 1.82) is 0 Å². The topological polar surface area (TPSA) is 112 Å². The van der Waals surface area contributed by atoms with Gasteiger partial charge in [0.15, 0.2) is 15.6 Å². The average Bonchev–Trinajstić information content (AvgIpc) is 2.75. The Morgan fingerprint density at radius 3 is 1.94 bits per heavy atom. The van der Waals surface area contributed by atoms with Crippen molar-refractivity contribution in [2.75, 3.05) is 19.0 Å². The van der Waals surface area contributed by atoms with E-state index in [1.54, 1.807) is 13.8 Å². The maximum Gasteiger partial charge on any atom is 0.573 e. The van der Waals surface area contributed by atoms with Crippen LogP contribution in [0.15, 0.2) is 53.4 Å². The normalized spacial score (nSPS) is 17.6. The van der Waals surface area contributed by atoms with Gasteiger partial charge in [0.25, 0.3) is 0 Å². The fourth-order valence-electron chi connectivity index (χ4n) is 3.09. The molecule has 0 aliphatic carbocycles. The van der Waals surface area contributed by atoms with Gasteiger partial charge in [0.2, 0.25) is 6.41 Å². The lowest BCUT2D eigenvalue weighted by Gasteiger charge is -2.45. The van der Waals surface area contributed by atoms with Gasteiger partial charge in [-0.2, -0.15) is 0 Å². The molecule has 186 valence electrons. The summed E-state index contributed by atoms with van der Waals surface area (Å²) in [7, 11) is -4.02. The molecule has 0 radical (unpaired) electrons. The highest BCUT2D eigenvalue weighted by Gasteiger charge is 2.47. The van der Waals surface area contributed by atoms with Gasteiger partial charge < -0.3 is 18.9 Å². The summed E-state index contributed by atoms with van der Waals surface area (Å²) < 4.78 is 83.0. The third-order valence-corrected chi connectivity index (χ3v) is 6.81. The molecule has 3 rings (SSSR count). The van der Waals surface area contributed by atoms with E-state index in [1.165, 1.54) is 36.4 Å². The van der Waals surface area contributed by atoms with Crippen LogP contribution in [-0.2, 0) is 24.1 Å². The third kappa shape index (κ3) is 6.38. The van der Waals surface area contributed by atoms with E-state index in [-0.39, 0.29) is 41.1 Å². The Labute approximate surface area is 193 Å². The van der Waals surface area contributed by atoms with Crippen molar-refractivity contribution in [2.24, 2.45) is 0 Å². The summed E-state index contributed by atoms with van der Waals surface area (Å²) in [6, 6.07) is 9.90. The van der Waals surface area contributed by atoms with Gasteiger partial charge in [-0.1, -0.05) is 0 Å². The van der Waals surface area contributed by atoms with Gasteiger partial charge in [-0.15, -0.1) is 13.2 Å². The second-order valence-corrected chi connectivity index (χ2v) is 9.99. The summed E-state index contributed by atoms with van der Waals surface area (Å²) >= 11 is 0. The molecule has 1 aliphatic rings. The van der Waals surface area contributed by atoms with Crippen LogP contribution >= 0.6 is 0 Å². The number of alkyl halides is 3. The molecule has 0 bridgehead atoms. The van der Waals surface area contributed by atoms with E-state index in [1.807, 2.05) is 0 Å². The van der Waals surface area contributed by atoms with E-state index in [0.717, 1.165) is 12.1 Å². The SMILES string of the molecule is CC1(C)OCC(CS(=O)(=O)c2ccc(Oc3ccc(OC(F)(F)F)cc3)cc2)(N(O)C=O)CO1. The molecule has 0 aromatic heterocycles. The van der Waals surface area contributed by atoms with E-state index in [2.05, 4.69) is 4.74 Å². The van der Waals surface area contributed by atoms with Crippen molar-refractivity contribution in [1.82, 2.24) is 5.06 Å². The van der Waals surface area contributed by atoms with Gasteiger partial charge in [-0.3, -0.25) is 10.0 Å². The Morgan fingerprint density at radius 2 is 1.47 bits per heavy atom. The molecule has 2 aromatic carbocycles. The molecule has 13 heteroatoms. The first kappa shape index (κ1) is 25.7. The standard InChI is InChI=1S/C21H22F3NO8S/c1-19(2)30-11-20(12-31-19,25(27)14-26)13-34(28,29)18-9-7-16(8-10-18)32-15-3-5-17(6-4-15)33-21(22,23)24/h3-10,14,27H,11-13H2,1-2H3. The van der Waals surface area contributed by atoms with Crippen LogP contribution in [0.2, 0.25) is 0 Å². The number of carbonyl (C=O) groups excluding carboxylic acids is 1. The van der Waals surface area contributed by atoms with Gasteiger partial charge in [0, 0.05) is 0 Å². The molecule has 0 spiro atoms. The molecule has 0 atom stereocenters. The summed E-state index contributed by atoms with van der Waals surface area (Å²) in [6.07, 6.45) is -4.73. The van der Waals surface area contributed by atoms with E-state index < -0.39 is 39.0 Å². The maximum absolute atomic E-state index is 13.0. The van der Waals surface area contributed by atoms with Gasteiger partial charge in [0.05, 0.1) is 23.9 Å². The number of ether oxygens (including phenoxy) is 4. The predicted molar refractivity (Wildman–Crippen MR) is 110 cm³/mol. The van der Waals surface area contributed by atoms with Crippen molar-refractivity contribution >= 4 is 16.2 Å². The summed E-state index contributed by atoms with van der Waals surface area (Å²) in [5, 5.41) is 10.3. The molecule has 0 unspecified atom stereocenters. The predicted octanol–water partition coefficient (Wildman–Crippen LogP) is 3.52. The lowest BCUT2D eigenvalue weighted by Crippen LogP contribution is -2.63. The molecule has 1 N–H and O–H groups in total. The molecule has 9 nitrogen and oxygen atoms in total. The maximum atomic E-state index is 13.0. The number of benzene rings is 2. The zero-order valence-electron chi connectivity index (χ0n) is 18.1. The van der Waals surface area contributed by atoms with Gasteiger partial charge in [0.1, 0.15) is 22.8 Å². The number of hydrogen-bond donors (Lipinski definition) is 1. The molecule has 0 saturated carbocycles. The number of hydrogen-bond acceptors (Lipinski definition) is 8. The number of rotatable bonds is 8. The first-order valence-corrected chi connectivity index (χ1v) is 11.5. The lowest BCUT2D eigenvalue weighted by molar-refractivity contribution is -0.307. The van der Waals surface area contributed by atoms with Crippen molar-refractivity contribution in [3.05, 3.63) is 48.5 Å². The smallest absolute Gasteiger partial charge is 0.457 e. The molecule has 1 fully saturated rings. The Hall–Kier alpha value is -2.87. The Balaban J connectivity index is 1.72. The van der Waals surface area contributed by atoms with Crippen molar-refractivity contribution in [2.45, 2.75) is 36.4 Å². The first-order valence-electron chi connectivity index (χ1n) is 9.82. The van der Waals surface area contributed by atoms with Gasteiger partial charge in [-0.25, -0.2) is 13.5 Å².